The molecule has 1 aromatic carbocycles. The molecule has 0 aliphatic heterocycles. The minimum Gasteiger partial charge on any atom is -0.426 e. The molecule has 4 heteroatoms. The van der Waals surface area contributed by atoms with E-state index in [9.17, 15) is 9.59 Å². The van der Waals surface area contributed by atoms with Crippen LogP contribution < -0.4 is 9.47 Å². The van der Waals surface area contributed by atoms with Crippen molar-refractivity contribution in [2.24, 2.45) is 11.8 Å². The van der Waals surface area contributed by atoms with Gasteiger partial charge in [0.05, 0.1) is 11.8 Å². The van der Waals surface area contributed by atoms with E-state index >= 15 is 0 Å². The van der Waals surface area contributed by atoms with Crippen LogP contribution >= 0.6 is 0 Å². The van der Waals surface area contributed by atoms with E-state index in [2.05, 4.69) is 0 Å². The lowest BCUT2D eigenvalue weighted by Gasteiger charge is -2.13. The van der Waals surface area contributed by atoms with Crippen LogP contribution in [0.4, 0.5) is 0 Å². The van der Waals surface area contributed by atoms with E-state index in [4.69, 9.17) is 9.47 Å². The Bertz CT molecular complexity index is 425. The van der Waals surface area contributed by atoms with Gasteiger partial charge >= 0.3 is 11.9 Å². The summed E-state index contributed by atoms with van der Waals surface area (Å²) < 4.78 is 10.7. The number of hydrogen-bond donors (Lipinski definition) is 0. The fourth-order valence-corrected chi connectivity index (χ4v) is 2.22. The molecule has 0 N–H and O–H groups in total. The topological polar surface area (TPSA) is 52.6 Å². The van der Waals surface area contributed by atoms with Crippen LogP contribution in [-0.4, -0.2) is 11.9 Å². The molecule has 0 aliphatic rings. The normalized spacial score (nSPS) is 10.8. The Hall–Kier alpha value is -1.84. The molecule has 0 aliphatic carbocycles. The number of ether oxygens (including phenoxy) is 2. The molecular formula is C18H26O4. The van der Waals surface area contributed by atoms with Crippen LogP contribution in [0.25, 0.3) is 0 Å². The van der Waals surface area contributed by atoms with Crippen LogP contribution in [0.2, 0.25) is 0 Å². The Kier molecular flexibility index (Phi) is 7.64. The average Bonchev–Trinajstić information content (AvgIpc) is 2.51. The molecular weight excluding hydrogens is 280 g/mol. The van der Waals surface area contributed by atoms with Gasteiger partial charge in [0.25, 0.3) is 0 Å². The van der Waals surface area contributed by atoms with Crippen molar-refractivity contribution in [1.29, 1.82) is 0 Å². The van der Waals surface area contributed by atoms with Crippen LogP contribution in [0, 0.1) is 11.8 Å². The van der Waals surface area contributed by atoms with Crippen molar-refractivity contribution in [2.75, 3.05) is 0 Å². The molecule has 0 atom stereocenters. The molecule has 0 saturated heterocycles. The van der Waals surface area contributed by atoms with Crippen molar-refractivity contribution < 1.29 is 19.1 Å². The maximum absolute atomic E-state index is 11.9. The highest BCUT2D eigenvalue weighted by Gasteiger charge is 2.18. The molecule has 0 aromatic heterocycles. The number of rotatable bonds is 8. The van der Waals surface area contributed by atoms with Gasteiger partial charge in [-0.05, 0) is 49.9 Å². The van der Waals surface area contributed by atoms with Gasteiger partial charge in [0.15, 0.2) is 0 Å². The van der Waals surface area contributed by atoms with Crippen molar-refractivity contribution in [3.05, 3.63) is 24.3 Å². The van der Waals surface area contributed by atoms with Gasteiger partial charge in [-0.2, -0.15) is 0 Å². The smallest absolute Gasteiger partial charge is 0.314 e. The van der Waals surface area contributed by atoms with Crippen molar-refractivity contribution >= 4 is 11.9 Å². The summed E-state index contributed by atoms with van der Waals surface area (Å²) in [5.41, 5.74) is 0. The van der Waals surface area contributed by atoms with E-state index in [-0.39, 0.29) is 23.8 Å². The van der Waals surface area contributed by atoms with Gasteiger partial charge in [-0.25, -0.2) is 0 Å². The highest BCUT2D eigenvalue weighted by atomic mass is 16.5. The summed E-state index contributed by atoms with van der Waals surface area (Å²) in [6, 6.07) is 6.59. The average molecular weight is 306 g/mol. The van der Waals surface area contributed by atoms with Crippen LogP contribution in [0.3, 0.4) is 0 Å². The number of esters is 2. The van der Waals surface area contributed by atoms with Gasteiger partial charge in [-0.15, -0.1) is 0 Å². The Labute approximate surface area is 132 Å². The summed E-state index contributed by atoms with van der Waals surface area (Å²) in [7, 11) is 0. The van der Waals surface area contributed by atoms with Gasteiger partial charge in [-0.3, -0.25) is 9.59 Å². The summed E-state index contributed by atoms with van der Waals surface area (Å²) in [4.78, 5) is 23.8. The summed E-state index contributed by atoms with van der Waals surface area (Å²) >= 11 is 0. The Morgan fingerprint density at radius 2 is 1.00 bits per heavy atom. The second kappa shape index (κ2) is 9.23. The third-order valence-corrected chi connectivity index (χ3v) is 3.90. The predicted molar refractivity (Wildman–Crippen MR) is 85.9 cm³/mol. The highest BCUT2D eigenvalue weighted by molar-refractivity contribution is 5.76. The number of carbonyl (C=O) groups excluding carboxylic acids is 2. The van der Waals surface area contributed by atoms with E-state index in [1.165, 1.54) is 0 Å². The zero-order valence-corrected chi connectivity index (χ0v) is 13.9. The third-order valence-electron chi connectivity index (χ3n) is 3.90. The van der Waals surface area contributed by atoms with Crippen LogP contribution in [0.15, 0.2) is 24.3 Å². The molecule has 0 fully saturated rings. The molecule has 0 bridgehead atoms. The van der Waals surface area contributed by atoms with Crippen LogP contribution in [0.1, 0.15) is 53.4 Å². The fourth-order valence-electron chi connectivity index (χ4n) is 2.22. The Morgan fingerprint density at radius 3 is 1.23 bits per heavy atom. The molecule has 1 aromatic rings. The maximum Gasteiger partial charge on any atom is 0.314 e. The first-order chi connectivity index (χ1) is 10.5. The molecule has 4 nitrogen and oxygen atoms in total. The summed E-state index contributed by atoms with van der Waals surface area (Å²) in [6.07, 6.45) is 3.06. The number of carbonyl (C=O) groups is 2. The van der Waals surface area contributed by atoms with Crippen LogP contribution in [-0.2, 0) is 9.59 Å². The van der Waals surface area contributed by atoms with Gasteiger partial charge in [-0.1, -0.05) is 27.7 Å². The van der Waals surface area contributed by atoms with E-state index < -0.39 is 0 Å². The fraction of sp³-hybridized carbons (Fsp3) is 0.556. The van der Waals surface area contributed by atoms with Gasteiger partial charge < -0.3 is 9.47 Å². The highest BCUT2D eigenvalue weighted by Crippen LogP contribution is 2.21. The molecule has 0 amide bonds. The van der Waals surface area contributed by atoms with E-state index in [1.54, 1.807) is 24.3 Å². The number of benzene rings is 1. The maximum atomic E-state index is 11.9. The quantitative estimate of drug-likeness (QED) is 0.528. The summed E-state index contributed by atoms with van der Waals surface area (Å²) in [5, 5.41) is 0. The minimum absolute atomic E-state index is 0.0765. The van der Waals surface area contributed by atoms with Crippen LogP contribution in [0.5, 0.6) is 11.5 Å². The van der Waals surface area contributed by atoms with Crippen molar-refractivity contribution in [1.82, 2.24) is 0 Å². The standard InChI is InChI=1S/C18H26O4/c1-5-13(6-2)17(19)21-15-9-11-16(12-10-15)22-18(20)14(7-3)8-4/h9-14H,5-8H2,1-4H3. The SMILES string of the molecule is CCC(CC)C(=O)Oc1ccc(OC(=O)C(CC)CC)cc1. The van der Waals surface area contributed by atoms with E-state index in [0.717, 1.165) is 25.7 Å². The largest absolute Gasteiger partial charge is 0.426 e. The molecule has 0 unspecified atom stereocenters. The predicted octanol–water partition coefficient (Wildman–Crippen LogP) is 4.37. The third kappa shape index (κ3) is 5.17. The first kappa shape index (κ1) is 18.2. The second-order valence-corrected chi connectivity index (χ2v) is 5.34. The van der Waals surface area contributed by atoms with E-state index in [0.29, 0.717) is 11.5 Å². The van der Waals surface area contributed by atoms with E-state index in [1.807, 2.05) is 27.7 Å². The Balaban J connectivity index is 2.63. The summed E-state index contributed by atoms with van der Waals surface area (Å²) in [6.45, 7) is 7.87. The first-order valence-electron chi connectivity index (χ1n) is 8.08. The molecule has 0 saturated carbocycles. The molecule has 1 rings (SSSR count). The molecule has 0 heterocycles. The lowest BCUT2D eigenvalue weighted by molar-refractivity contribution is -0.140. The first-order valence-corrected chi connectivity index (χ1v) is 8.08. The minimum atomic E-state index is -0.216. The van der Waals surface area contributed by atoms with Gasteiger partial charge in [0, 0.05) is 0 Å². The molecule has 0 radical (unpaired) electrons. The molecule has 0 spiro atoms. The summed E-state index contributed by atoms with van der Waals surface area (Å²) in [5.74, 6) is 0.358. The molecule has 122 valence electrons. The van der Waals surface area contributed by atoms with Crippen molar-refractivity contribution in [2.45, 2.75) is 53.4 Å². The molecule has 22 heavy (non-hydrogen) atoms. The van der Waals surface area contributed by atoms with Crippen molar-refractivity contribution in [3.63, 3.8) is 0 Å². The monoisotopic (exact) mass is 306 g/mol. The zero-order chi connectivity index (χ0) is 16.5. The van der Waals surface area contributed by atoms with Gasteiger partial charge in [0.2, 0.25) is 0 Å². The number of hydrogen-bond acceptors (Lipinski definition) is 4. The Morgan fingerprint density at radius 1 is 0.727 bits per heavy atom. The van der Waals surface area contributed by atoms with Crippen molar-refractivity contribution in [3.8, 4) is 11.5 Å². The second-order valence-electron chi connectivity index (χ2n) is 5.34. The lowest BCUT2D eigenvalue weighted by Crippen LogP contribution is -2.20. The zero-order valence-electron chi connectivity index (χ0n) is 13.9. The van der Waals surface area contributed by atoms with Gasteiger partial charge in [0.1, 0.15) is 11.5 Å². The lowest BCUT2D eigenvalue weighted by atomic mass is 10.0.